The first kappa shape index (κ1) is 24.3. The van der Waals surface area contributed by atoms with Crippen LogP contribution in [0.15, 0.2) is 66.7 Å². The molecule has 2 amide bonds. The van der Waals surface area contributed by atoms with Gasteiger partial charge in [0.25, 0.3) is 11.8 Å². The molecule has 1 aliphatic rings. The van der Waals surface area contributed by atoms with Crippen molar-refractivity contribution in [1.29, 1.82) is 0 Å². The molecule has 0 atom stereocenters. The molecule has 0 fully saturated rings. The number of amides is 2. The predicted molar refractivity (Wildman–Crippen MR) is 129 cm³/mol. The summed E-state index contributed by atoms with van der Waals surface area (Å²) < 4.78 is 10.2. The molecular weight excluding hydrogens is 464 g/mol. The van der Waals surface area contributed by atoms with Crippen LogP contribution in [0.25, 0.3) is 0 Å². The molecule has 9 heteroatoms. The number of ketones is 2. The van der Waals surface area contributed by atoms with Gasteiger partial charge in [-0.15, -0.1) is 0 Å². The third-order valence-electron chi connectivity index (χ3n) is 5.39. The Morgan fingerprint density at radius 1 is 0.806 bits per heavy atom. The van der Waals surface area contributed by atoms with E-state index in [1.165, 1.54) is 18.2 Å². The lowest BCUT2D eigenvalue weighted by Crippen LogP contribution is -2.32. The fraction of sp³-hybridized carbons (Fsp3) is 0.148. The van der Waals surface area contributed by atoms with Gasteiger partial charge in [0.2, 0.25) is 0 Å². The maximum atomic E-state index is 12.8. The van der Waals surface area contributed by atoms with Crippen molar-refractivity contribution in [3.05, 3.63) is 94.5 Å². The van der Waals surface area contributed by atoms with Gasteiger partial charge < -0.3 is 20.1 Å². The Hall–Kier alpha value is -4.79. The number of carbonyl (C=O) groups is 5. The fourth-order valence-corrected chi connectivity index (χ4v) is 3.70. The average Bonchev–Trinajstić information content (AvgIpc) is 2.89. The molecule has 2 N–H and O–H groups in total. The molecule has 0 heterocycles. The molecule has 182 valence electrons. The van der Waals surface area contributed by atoms with Crippen LogP contribution in [0.3, 0.4) is 0 Å². The number of ether oxygens (including phenoxy) is 2. The van der Waals surface area contributed by atoms with E-state index < -0.39 is 30.9 Å². The van der Waals surface area contributed by atoms with Gasteiger partial charge >= 0.3 is 5.97 Å². The smallest absolute Gasteiger partial charge is 0.325 e. The van der Waals surface area contributed by atoms with Crippen molar-refractivity contribution in [3.63, 3.8) is 0 Å². The van der Waals surface area contributed by atoms with Crippen LogP contribution in [0, 0.1) is 0 Å². The van der Waals surface area contributed by atoms with E-state index in [2.05, 4.69) is 10.6 Å². The van der Waals surface area contributed by atoms with Crippen LogP contribution in [-0.4, -0.2) is 49.1 Å². The summed E-state index contributed by atoms with van der Waals surface area (Å²) in [5.41, 5.74) is 1.70. The van der Waals surface area contributed by atoms with E-state index in [9.17, 15) is 24.0 Å². The van der Waals surface area contributed by atoms with Gasteiger partial charge in [0.05, 0.1) is 6.61 Å². The lowest BCUT2D eigenvalue weighted by atomic mass is 9.84. The standard InChI is InChI=1S/C27H22N2O7/c1-2-35-18-10-7-16(8-11-18)27(34)28-14-24(31)36-15-23(30)29-17-9-12-21-22(13-17)26(33)20-6-4-3-5-19(20)25(21)32/h3-13H,2,14-15H2,1H3,(H,28,34)(H,29,30). The topological polar surface area (TPSA) is 128 Å². The molecule has 1 aliphatic carbocycles. The molecule has 0 radical (unpaired) electrons. The molecule has 3 aromatic rings. The highest BCUT2D eigenvalue weighted by molar-refractivity contribution is 6.28. The number of anilines is 1. The summed E-state index contributed by atoms with van der Waals surface area (Å²) in [5.74, 6) is -1.87. The van der Waals surface area contributed by atoms with E-state index in [1.807, 2.05) is 6.92 Å². The first-order chi connectivity index (χ1) is 17.4. The molecule has 0 unspecified atom stereocenters. The van der Waals surface area contributed by atoms with Crippen molar-refractivity contribution in [1.82, 2.24) is 5.32 Å². The zero-order chi connectivity index (χ0) is 25.7. The van der Waals surface area contributed by atoms with Crippen molar-refractivity contribution in [2.45, 2.75) is 6.92 Å². The van der Waals surface area contributed by atoms with Crippen molar-refractivity contribution in [3.8, 4) is 5.75 Å². The largest absolute Gasteiger partial charge is 0.494 e. The molecule has 4 rings (SSSR count). The number of hydrogen-bond acceptors (Lipinski definition) is 7. The van der Waals surface area contributed by atoms with Gasteiger partial charge in [-0.25, -0.2) is 0 Å². The first-order valence-corrected chi connectivity index (χ1v) is 11.2. The Bertz CT molecular complexity index is 1360. The van der Waals surface area contributed by atoms with Gasteiger partial charge in [-0.05, 0) is 49.4 Å². The Kier molecular flexibility index (Phi) is 7.20. The van der Waals surface area contributed by atoms with Gasteiger partial charge in [-0.2, -0.15) is 0 Å². The zero-order valence-corrected chi connectivity index (χ0v) is 19.3. The molecule has 3 aromatic carbocycles. The Labute approximate surface area is 206 Å². The van der Waals surface area contributed by atoms with Crippen LogP contribution in [0.1, 0.15) is 49.1 Å². The second-order valence-corrected chi connectivity index (χ2v) is 7.81. The SMILES string of the molecule is CCOc1ccc(C(=O)NCC(=O)OCC(=O)Nc2ccc3c(c2)C(=O)c2ccccc2C3=O)cc1. The number of benzene rings is 3. The predicted octanol–water partition coefficient (Wildman–Crippen LogP) is 2.77. The number of carbonyl (C=O) groups excluding carboxylic acids is 5. The normalized spacial score (nSPS) is 11.7. The van der Waals surface area contributed by atoms with Crippen LogP contribution in [-0.2, 0) is 14.3 Å². The van der Waals surface area contributed by atoms with E-state index in [0.717, 1.165) is 0 Å². The maximum absolute atomic E-state index is 12.8. The van der Waals surface area contributed by atoms with E-state index in [1.54, 1.807) is 48.5 Å². The van der Waals surface area contributed by atoms with E-state index in [0.29, 0.717) is 29.0 Å². The summed E-state index contributed by atoms with van der Waals surface area (Å²) in [7, 11) is 0. The maximum Gasteiger partial charge on any atom is 0.325 e. The van der Waals surface area contributed by atoms with Gasteiger partial charge in [0.1, 0.15) is 12.3 Å². The first-order valence-electron chi connectivity index (χ1n) is 11.2. The molecule has 0 aliphatic heterocycles. The third kappa shape index (κ3) is 5.30. The van der Waals surface area contributed by atoms with Crippen molar-refractivity contribution < 1.29 is 33.4 Å². The number of esters is 1. The molecule has 36 heavy (non-hydrogen) atoms. The number of hydrogen-bond donors (Lipinski definition) is 2. The molecular formula is C27H22N2O7. The van der Waals surface area contributed by atoms with Crippen LogP contribution < -0.4 is 15.4 Å². The Morgan fingerprint density at radius 3 is 2.11 bits per heavy atom. The molecule has 9 nitrogen and oxygen atoms in total. The highest BCUT2D eigenvalue weighted by Gasteiger charge is 2.29. The zero-order valence-electron chi connectivity index (χ0n) is 19.3. The van der Waals surface area contributed by atoms with Crippen LogP contribution in [0.5, 0.6) is 5.75 Å². The minimum Gasteiger partial charge on any atom is -0.494 e. The second-order valence-electron chi connectivity index (χ2n) is 7.81. The van der Waals surface area contributed by atoms with E-state index in [-0.39, 0.29) is 28.4 Å². The highest BCUT2D eigenvalue weighted by Crippen LogP contribution is 2.29. The van der Waals surface area contributed by atoms with E-state index in [4.69, 9.17) is 9.47 Å². The molecule has 0 aromatic heterocycles. The quantitative estimate of drug-likeness (QED) is 0.367. The van der Waals surface area contributed by atoms with Crippen molar-refractivity contribution in [2.24, 2.45) is 0 Å². The van der Waals surface area contributed by atoms with Gasteiger partial charge in [0, 0.05) is 33.5 Å². The summed E-state index contributed by atoms with van der Waals surface area (Å²) in [6.45, 7) is 1.34. The number of rotatable bonds is 8. The number of nitrogens with one attached hydrogen (secondary N) is 2. The fourth-order valence-electron chi connectivity index (χ4n) is 3.70. The molecule has 0 bridgehead atoms. The summed E-state index contributed by atoms with van der Waals surface area (Å²) in [6, 6.07) is 17.4. The molecule has 0 saturated carbocycles. The van der Waals surface area contributed by atoms with Crippen LogP contribution >= 0.6 is 0 Å². The minimum atomic E-state index is -0.799. The van der Waals surface area contributed by atoms with Crippen molar-refractivity contribution >= 4 is 35.0 Å². The average molecular weight is 486 g/mol. The lowest BCUT2D eigenvalue weighted by molar-refractivity contribution is -0.146. The van der Waals surface area contributed by atoms with Crippen molar-refractivity contribution in [2.75, 3.05) is 25.1 Å². The molecule has 0 saturated heterocycles. The van der Waals surface area contributed by atoms with Gasteiger partial charge in [0.15, 0.2) is 18.2 Å². The van der Waals surface area contributed by atoms with Crippen LogP contribution in [0.2, 0.25) is 0 Å². The summed E-state index contributed by atoms with van der Waals surface area (Å²) in [4.78, 5) is 61.8. The summed E-state index contributed by atoms with van der Waals surface area (Å²) in [6.07, 6.45) is 0. The number of fused-ring (bicyclic) bond motifs is 2. The van der Waals surface area contributed by atoms with E-state index >= 15 is 0 Å². The van der Waals surface area contributed by atoms with Gasteiger partial charge in [-0.3, -0.25) is 24.0 Å². The van der Waals surface area contributed by atoms with Crippen LogP contribution in [0.4, 0.5) is 5.69 Å². The Balaban J connectivity index is 1.28. The second kappa shape index (κ2) is 10.6. The lowest BCUT2D eigenvalue weighted by Gasteiger charge is -2.18. The minimum absolute atomic E-state index is 0.186. The summed E-state index contributed by atoms with van der Waals surface area (Å²) >= 11 is 0. The highest BCUT2D eigenvalue weighted by atomic mass is 16.5. The monoisotopic (exact) mass is 486 g/mol. The Morgan fingerprint density at radius 2 is 1.44 bits per heavy atom. The third-order valence-corrected chi connectivity index (χ3v) is 5.39. The summed E-state index contributed by atoms with van der Waals surface area (Å²) in [5, 5.41) is 4.95. The molecule has 0 spiro atoms. The van der Waals surface area contributed by atoms with Gasteiger partial charge in [-0.1, -0.05) is 24.3 Å².